The van der Waals surface area contributed by atoms with E-state index >= 15 is 0 Å². The van der Waals surface area contributed by atoms with Crippen LogP contribution in [-0.2, 0) is 4.79 Å². The van der Waals surface area contributed by atoms with Gasteiger partial charge in [0.1, 0.15) is 11.6 Å². The van der Waals surface area contributed by atoms with Gasteiger partial charge in [0.25, 0.3) is 0 Å². The number of anilines is 2. The Kier molecular flexibility index (Phi) is 7.34. The van der Waals surface area contributed by atoms with Gasteiger partial charge in [-0.1, -0.05) is 19.1 Å². The summed E-state index contributed by atoms with van der Waals surface area (Å²) in [5, 5.41) is 24.9. The molecule has 1 atom stereocenters. The molecule has 28 heavy (non-hydrogen) atoms. The molecule has 4 N–H and O–H groups in total. The van der Waals surface area contributed by atoms with Crippen LogP contribution in [0.5, 0.6) is 5.75 Å². The number of aromatic hydroxyl groups is 1. The lowest BCUT2D eigenvalue weighted by molar-refractivity contribution is -0.115. The number of hydrogen-bond acceptors (Lipinski definition) is 4. The highest BCUT2D eigenvalue weighted by molar-refractivity contribution is 5.93. The molecule has 150 valence electrons. The summed E-state index contributed by atoms with van der Waals surface area (Å²) in [4.78, 5) is 25.3. The van der Waals surface area contributed by atoms with E-state index in [1.165, 1.54) is 29.2 Å². The summed E-state index contributed by atoms with van der Waals surface area (Å²) in [5.74, 6) is -0.863. The highest BCUT2D eigenvalue weighted by Crippen LogP contribution is 2.22. The lowest BCUT2D eigenvalue weighted by Crippen LogP contribution is -2.38. The molecule has 0 saturated carbocycles. The average molecular weight is 389 g/mol. The number of likely N-dealkylation sites (N-methyl/N-ethyl adjacent to an activating group) is 1. The zero-order chi connectivity index (χ0) is 20.7. The summed E-state index contributed by atoms with van der Waals surface area (Å²) in [5.41, 5.74) is 0.747. The third-order valence-electron chi connectivity index (χ3n) is 4.13. The monoisotopic (exact) mass is 389 g/mol. The van der Waals surface area contributed by atoms with E-state index in [1.54, 1.807) is 26.0 Å². The Morgan fingerprint density at radius 2 is 1.89 bits per heavy atom. The predicted octanol–water partition coefficient (Wildman–Crippen LogP) is 3.47. The quantitative estimate of drug-likeness (QED) is 0.582. The van der Waals surface area contributed by atoms with Crippen LogP contribution in [0.2, 0.25) is 0 Å². The van der Waals surface area contributed by atoms with Crippen LogP contribution in [0.3, 0.4) is 0 Å². The van der Waals surface area contributed by atoms with Gasteiger partial charge in [-0.2, -0.15) is 0 Å². The van der Waals surface area contributed by atoms with Crippen LogP contribution < -0.4 is 10.6 Å². The van der Waals surface area contributed by atoms with E-state index in [4.69, 9.17) is 0 Å². The SMILES string of the molecule is CCC(=O)Nc1ccc(F)c(NC(=O)N(CC)CC(O)c2cccc(O)c2)c1. The number of carbonyl (C=O) groups excluding carboxylic acids is 2. The number of carbonyl (C=O) groups is 2. The van der Waals surface area contributed by atoms with Crippen molar-refractivity contribution in [2.24, 2.45) is 0 Å². The molecule has 7 nitrogen and oxygen atoms in total. The van der Waals surface area contributed by atoms with Crippen molar-refractivity contribution in [3.05, 3.63) is 53.8 Å². The second-order valence-corrected chi connectivity index (χ2v) is 6.18. The zero-order valence-electron chi connectivity index (χ0n) is 15.8. The van der Waals surface area contributed by atoms with Gasteiger partial charge in [0.05, 0.1) is 18.3 Å². The molecule has 0 aliphatic rings. The van der Waals surface area contributed by atoms with Crippen molar-refractivity contribution in [3.8, 4) is 5.75 Å². The molecule has 2 aromatic rings. The molecule has 0 heterocycles. The van der Waals surface area contributed by atoms with Crippen LogP contribution >= 0.6 is 0 Å². The molecule has 2 aromatic carbocycles. The summed E-state index contributed by atoms with van der Waals surface area (Å²) in [7, 11) is 0. The minimum Gasteiger partial charge on any atom is -0.508 e. The maximum Gasteiger partial charge on any atom is 0.322 e. The first-order valence-electron chi connectivity index (χ1n) is 8.96. The number of benzene rings is 2. The number of halogens is 1. The lowest BCUT2D eigenvalue weighted by Gasteiger charge is -2.24. The number of nitrogens with zero attached hydrogens (tertiary/aromatic N) is 1. The fourth-order valence-electron chi connectivity index (χ4n) is 2.54. The first kappa shape index (κ1) is 21.2. The van der Waals surface area contributed by atoms with Crippen LogP contribution in [0, 0.1) is 5.82 Å². The van der Waals surface area contributed by atoms with Crippen molar-refractivity contribution >= 4 is 23.3 Å². The van der Waals surface area contributed by atoms with Crippen molar-refractivity contribution in [1.29, 1.82) is 0 Å². The molecule has 3 amide bonds. The third kappa shape index (κ3) is 5.68. The lowest BCUT2D eigenvalue weighted by atomic mass is 10.1. The van der Waals surface area contributed by atoms with Gasteiger partial charge in [-0.25, -0.2) is 9.18 Å². The van der Waals surface area contributed by atoms with Crippen LogP contribution in [0.4, 0.5) is 20.6 Å². The van der Waals surface area contributed by atoms with Crippen molar-refractivity contribution in [2.75, 3.05) is 23.7 Å². The van der Waals surface area contributed by atoms with Gasteiger partial charge in [0.15, 0.2) is 0 Å². The normalized spacial score (nSPS) is 11.6. The van der Waals surface area contributed by atoms with Gasteiger partial charge < -0.3 is 25.7 Å². The van der Waals surface area contributed by atoms with Gasteiger partial charge in [0, 0.05) is 18.7 Å². The molecular formula is C20H24FN3O4. The molecule has 1 unspecified atom stereocenters. The Hall–Kier alpha value is -3.13. The predicted molar refractivity (Wildman–Crippen MR) is 105 cm³/mol. The Balaban J connectivity index is 2.09. The number of urea groups is 1. The minimum absolute atomic E-state index is 0.0112. The largest absolute Gasteiger partial charge is 0.508 e. The van der Waals surface area contributed by atoms with Crippen molar-refractivity contribution in [3.63, 3.8) is 0 Å². The average Bonchev–Trinajstić information content (AvgIpc) is 2.68. The third-order valence-corrected chi connectivity index (χ3v) is 4.13. The van der Waals surface area contributed by atoms with E-state index in [9.17, 15) is 24.2 Å². The Morgan fingerprint density at radius 1 is 1.14 bits per heavy atom. The number of rotatable bonds is 7. The van der Waals surface area contributed by atoms with Gasteiger partial charge in [0.2, 0.25) is 5.91 Å². The van der Waals surface area contributed by atoms with E-state index in [2.05, 4.69) is 10.6 Å². The number of phenols is 1. The highest BCUT2D eigenvalue weighted by atomic mass is 19.1. The van der Waals surface area contributed by atoms with Gasteiger partial charge in [-0.05, 0) is 42.8 Å². The first-order valence-corrected chi connectivity index (χ1v) is 8.96. The van der Waals surface area contributed by atoms with E-state index in [1.807, 2.05) is 0 Å². The van der Waals surface area contributed by atoms with Crippen LogP contribution in [-0.4, -0.2) is 40.1 Å². The molecule has 0 aliphatic carbocycles. The van der Waals surface area contributed by atoms with Gasteiger partial charge in [-0.15, -0.1) is 0 Å². The standard InChI is InChI=1S/C20H24FN3O4/c1-3-19(27)22-14-8-9-16(21)17(11-14)23-20(28)24(4-2)12-18(26)13-6-5-7-15(25)10-13/h5-11,18,25-26H,3-4,12H2,1-2H3,(H,22,27)(H,23,28). The number of nitrogens with one attached hydrogen (secondary N) is 2. The first-order chi connectivity index (χ1) is 13.3. The minimum atomic E-state index is -1.02. The van der Waals surface area contributed by atoms with E-state index in [0.29, 0.717) is 11.3 Å². The maximum absolute atomic E-state index is 14.1. The maximum atomic E-state index is 14.1. The summed E-state index contributed by atoms with van der Waals surface area (Å²) in [6.45, 7) is 3.65. The summed E-state index contributed by atoms with van der Waals surface area (Å²) < 4.78 is 14.1. The number of hydrogen-bond donors (Lipinski definition) is 4. The topological polar surface area (TPSA) is 102 Å². The Bertz CT molecular complexity index is 844. The highest BCUT2D eigenvalue weighted by Gasteiger charge is 2.19. The molecule has 0 aliphatic heterocycles. The van der Waals surface area contributed by atoms with E-state index < -0.39 is 18.0 Å². The molecule has 8 heteroatoms. The zero-order valence-corrected chi connectivity index (χ0v) is 15.8. The van der Waals surface area contributed by atoms with Gasteiger partial charge >= 0.3 is 6.03 Å². The van der Waals surface area contributed by atoms with E-state index in [0.717, 1.165) is 6.07 Å². The van der Waals surface area contributed by atoms with Gasteiger partial charge in [-0.3, -0.25) is 4.79 Å². The van der Waals surface area contributed by atoms with E-state index in [-0.39, 0.29) is 36.9 Å². The van der Waals surface area contributed by atoms with Crippen LogP contribution in [0.1, 0.15) is 31.9 Å². The summed E-state index contributed by atoms with van der Waals surface area (Å²) >= 11 is 0. The van der Waals surface area contributed by atoms with Crippen LogP contribution in [0.15, 0.2) is 42.5 Å². The molecule has 0 spiro atoms. The second-order valence-electron chi connectivity index (χ2n) is 6.18. The molecule has 0 aromatic heterocycles. The summed E-state index contributed by atoms with van der Waals surface area (Å²) in [6.07, 6.45) is -0.742. The number of phenolic OH excluding ortho intramolecular Hbond substituents is 1. The second kappa shape index (κ2) is 9.70. The Labute approximate surface area is 162 Å². The molecule has 0 fully saturated rings. The number of aliphatic hydroxyl groups is 1. The van der Waals surface area contributed by atoms with Crippen molar-refractivity contribution in [2.45, 2.75) is 26.4 Å². The number of aliphatic hydroxyl groups excluding tert-OH is 1. The molecule has 2 rings (SSSR count). The molecule has 0 saturated heterocycles. The fourth-order valence-corrected chi connectivity index (χ4v) is 2.54. The fraction of sp³-hybridized carbons (Fsp3) is 0.300. The smallest absolute Gasteiger partial charge is 0.322 e. The van der Waals surface area contributed by atoms with Crippen molar-refractivity contribution < 1.29 is 24.2 Å². The molecule has 0 radical (unpaired) electrons. The number of amides is 3. The molecule has 0 bridgehead atoms. The summed E-state index contributed by atoms with van der Waals surface area (Å²) in [6, 6.07) is 9.41. The molecular weight excluding hydrogens is 365 g/mol. The Morgan fingerprint density at radius 3 is 2.54 bits per heavy atom. The van der Waals surface area contributed by atoms with Crippen molar-refractivity contribution in [1.82, 2.24) is 4.90 Å². The van der Waals surface area contributed by atoms with Crippen LogP contribution in [0.25, 0.3) is 0 Å².